The second-order valence-corrected chi connectivity index (χ2v) is 8.93. The van der Waals surface area contributed by atoms with E-state index in [1.54, 1.807) is 14.7 Å². The first-order valence-corrected chi connectivity index (χ1v) is 12.6. The van der Waals surface area contributed by atoms with Gasteiger partial charge >= 0.3 is 0 Å². The Hall–Kier alpha value is -3.93. The standard InChI is InChI=1S/C30H33N3O3/c1-4-31-19-22-13-7-11-17-26(22)29(35)33(6-3)21-24-15-9-12-18-27(24)30(36)32(5-2)20-23-14-8-10-16-25(23)28(31)34/h7-18H,4-6,19-21H2,1-3H3. The second kappa shape index (κ2) is 11.2. The highest BCUT2D eigenvalue weighted by Gasteiger charge is 2.26. The first-order valence-electron chi connectivity index (χ1n) is 12.6. The molecule has 0 aromatic heterocycles. The molecule has 3 aromatic rings. The lowest BCUT2D eigenvalue weighted by molar-refractivity contribution is 0.0725. The number of benzene rings is 3. The molecule has 0 saturated heterocycles. The van der Waals surface area contributed by atoms with E-state index in [-0.39, 0.29) is 17.7 Å². The van der Waals surface area contributed by atoms with Gasteiger partial charge < -0.3 is 14.7 Å². The molecular formula is C30H33N3O3. The zero-order valence-corrected chi connectivity index (χ0v) is 21.2. The van der Waals surface area contributed by atoms with Gasteiger partial charge in [-0.05, 0) is 55.7 Å². The Balaban J connectivity index is 1.89. The van der Waals surface area contributed by atoms with E-state index in [9.17, 15) is 14.4 Å². The normalized spacial score (nSPS) is 15.1. The molecule has 6 heteroatoms. The fraction of sp³-hybridized carbons (Fsp3) is 0.300. The Morgan fingerprint density at radius 1 is 0.472 bits per heavy atom. The van der Waals surface area contributed by atoms with Gasteiger partial charge in [0.25, 0.3) is 17.7 Å². The smallest absolute Gasteiger partial charge is 0.254 e. The molecule has 3 aromatic carbocycles. The summed E-state index contributed by atoms with van der Waals surface area (Å²) in [6, 6.07) is 22.4. The van der Waals surface area contributed by atoms with Crippen LogP contribution in [0.3, 0.4) is 0 Å². The molecule has 1 heterocycles. The number of hydrogen-bond donors (Lipinski definition) is 0. The van der Waals surface area contributed by atoms with Crippen molar-refractivity contribution >= 4 is 17.7 Å². The Labute approximate surface area is 213 Å². The van der Waals surface area contributed by atoms with Gasteiger partial charge in [0.15, 0.2) is 0 Å². The Kier molecular flexibility index (Phi) is 7.84. The zero-order valence-electron chi connectivity index (χ0n) is 21.2. The van der Waals surface area contributed by atoms with Crippen LogP contribution in [0.15, 0.2) is 72.8 Å². The number of hydrogen-bond acceptors (Lipinski definition) is 3. The van der Waals surface area contributed by atoms with Crippen LogP contribution in [0, 0.1) is 0 Å². The maximum atomic E-state index is 13.7. The summed E-state index contributed by atoms with van der Waals surface area (Å²) in [6.45, 7) is 8.30. The minimum Gasteiger partial charge on any atom is -0.335 e. The van der Waals surface area contributed by atoms with E-state index in [1.807, 2.05) is 93.6 Å². The molecule has 0 N–H and O–H groups in total. The summed E-state index contributed by atoms with van der Waals surface area (Å²) in [5.74, 6) is -0.329. The van der Waals surface area contributed by atoms with Gasteiger partial charge in [-0.2, -0.15) is 0 Å². The summed E-state index contributed by atoms with van der Waals surface area (Å²) in [5.41, 5.74) is 4.15. The van der Waals surface area contributed by atoms with Crippen molar-refractivity contribution < 1.29 is 14.4 Å². The fourth-order valence-electron chi connectivity index (χ4n) is 4.71. The molecule has 6 nitrogen and oxygen atoms in total. The third-order valence-corrected chi connectivity index (χ3v) is 6.83. The molecule has 36 heavy (non-hydrogen) atoms. The predicted molar refractivity (Wildman–Crippen MR) is 141 cm³/mol. The van der Waals surface area contributed by atoms with Crippen LogP contribution in [-0.2, 0) is 19.6 Å². The molecule has 0 aliphatic carbocycles. The van der Waals surface area contributed by atoms with Crippen molar-refractivity contribution in [1.82, 2.24) is 14.7 Å². The lowest BCUT2D eigenvalue weighted by atomic mass is 10.0. The first kappa shape index (κ1) is 25.2. The Bertz CT molecular complexity index is 1110. The van der Waals surface area contributed by atoms with E-state index in [0.29, 0.717) is 56.0 Å². The van der Waals surface area contributed by atoms with Gasteiger partial charge in [-0.1, -0.05) is 54.6 Å². The van der Waals surface area contributed by atoms with Gasteiger partial charge in [0, 0.05) is 56.0 Å². The van der Waals surface area contributed by atoms with Crippen LogP contribution >= 0.6 is 0 Å². The van der Waals surface area contributed by atoms with Gasteiger partial charge in [-0.15, -0.1) is 0 Å². The largest absolute Gasteiger partial charge is 0.335 e. The summed E-state index contributed by atoms with van der Waals surface area (Å²) >= 11 is 0. The van der Waals surface area contributed by atoms with Crippen LogP contribution in [0.4, 0.5) is 0 Å². The van der Waals surface area contributed by atoms with Crippen LogP contribution in [0.5, 0.6) is 0 Å². The molecule has 1 aliphatic heterocycles. The van der Waals surface area contributed by atoms with E-state index >= 15 is 0 Å². The Morgan fingerprint density at radius 3 is 0.972 bits per heavy atom. The van der Waals surface area contributed by atoms with Crippen molar-refractivity contribution in [1.29, 1.82) is 0 Å². The van der Waals surface area contributed by atoms with Crippen molar-refractivity contribution in [3.8, 4) is 0 Å². The van der Waals surface area contributed by atoms with Crippen LogP contribution < -0.4 is 0 Å². The minimum absolute atomic E-state index is 0.110. The van der Waals surface area contributed by atoms with E-state index in [2.05, 4.69) is 0 Å². The topological polar surface area (TPSA) is 60.9 Å². The maximum absolute atomic E-state index is 13.7. The Morgan fingerprint density at radius 2 is 0.722 bits per heavy atom. The number of carbonyl (C=O) groups excluding carboxylic acids is 3. The van der Waals surface area contributed by atoms with Gasteiger partial charge in [0.1, 0.15) is 0 Å². The molecule has 186 valence electrons. The van der Waals surface area contributed by atoms with Gasteiger partial charge in [-0.3, -0.25) is 14.4 Å². The minimum atomic E-state index is -0.110. The van der Waals surface area contributed by atoms with Crippen molar-refractivity contribution in [2.24, 2.45) is 0 Å². The highest BCUT2D eigenvalue weighted by Crippen LogP contribution is 2.23. The fourth-order valence-corrected chi connectivity index (χ4v) is 4.71. The number of nitrogens with zero attached hydrogens (tertiary/aromatic N) is 3. The van der Waals surface area contributed by atoms with E-state index < -0.39 is 0 Å². The van der Waals surface area contributed by atoms with Gasteiger partial charge in [0.05, 0.1) is 0 Å². The lowest BCUT2D eigenvalue weighted by Gasteiger charge is -2.26. The summed E-state index contributed by atoms with van der Waals surface area (Å²) < 4.78 is 0. The number of amides is 3. The average Bonchev–Trinajstić information content (AvgIpc) is 2.92. The van der Waals surface area contributed by atoms with Crippen LogP contribution in [0.1, 0.15) is 68.5 Å². The van der Waals surface area contributed by atoms with Crippen molar-refractivity contribution in [2.45, 2.75) is 40.4 Å². The monoisotopic (exact) mass is 483 g/mol. The van der Waals surface area contributed by atoms with Gasteiger partial charge in [0.2, 0.25) is 0 Å². The van der Waals surface area contributed by atoms with Crippen LogP contribution in [-0.4, -0.2) is 52.1 Å². The first-order chi connectivity index (χ1) is 17.5. The molecule has 0 spiro atoms. The van der Waals surface area contributed by atoms with E-state index in [1.165, 1.54) is 0 Å². The van der Waals surface area contributed by atoms with Crippen molar-refractivity contribution in [2.75, 3.05) is 19.6 Å². The molecule has 3 amide bonds. The molecule has 0 fully saturated rings. The molecule has 0 saturated carbocycles. The third kappa shape index (κ3) is 5.03. The van der Waals surface area contributed by atoms with E-state index in [0.717, 1.165) is 16.7 Å². The third-order valence-electron chi connectivity index (χ3n) is 6.83. The maximum Gasteiger partial charge on any atom is 0.254 e. The summed E-state index contributed by atoms with van der Waals surface area (Å²) in [6.07, 6.45) is 0. The molecule has 1 aliphatic rings. The molecule has 0 bridgehead atoms. The quantitative estimate of drug-likeness (QED) is 0.528. The lowest BCUT2D eigenvalue weighted by Crippen LogP contribution is -2.34. The number of fused-ring (bicyclic) bond motifs is 3. The van der Waals surface area contributed by atoms with Gasteiger partial charge in [-0.25, -0.2) is 0 Å². The van der Waals surface area contributed by atoms with Crippen LogP contribution in [0.2, 0.25) is 0 Å². The van der Waals surface area contributed by atoms with E-state index in [4.69, 9.17) is 0 Å². The zero-order chi connectivity index (χ0) is 25.7. The summed E-state index contributed by atoms with van der Waals surface area (Å²) in [5, 5.41) is 0. The number of carbonyl (C=O) groups is 3. The predicted octanol–water partition coefficient (Wildman–Crippen LogP) is 4.99. The van der Waals surface area contributed by atoms with Crippen LogP contribution in [0.25, 0.3) is 0 Å². The number of rotatable bonds is 3. The highest BCUT2D eigenvalue weighted by atomic mass is 16.2. The second-order valence-electron chi connectivity index (χ2n) is 8.93. The molecular weight excluding hydrogens is 450 g/mol. The summed E-state index contributed by atoms with van der Waals surface area (Å²) in [7, 11) is 0. The van der Waals surface area contributed by atoms with Crippen molar-refractivity contribution in [3.63, 3.8) is 0 Å². The molecule has 0 unspecified atom stereocenters. The molecule has 0 radical (unpaired) electrons. The summed E-state index contributed by atoms with van der Waals surface area (Å²) in [4.78, 5) is 46.4. The molecule has 0 atom stereocenters. The van der Waals surface area contributed by atoms with Crippen molar-refractivity contribution in [3.05, 3.63) is 106 Å². The highest BCUT2D eigenvalue weighted by molar-refractivity contribution is 5.99. The SMILES string of the molecule is CCN1Cc2ccccc2C(=O)N(CC)Cc2ccccc2C(=O)N(CC)Cc2ccccc2C1=O. The molecule has 4 rings (SSSR count). The average molecular weight is 484 g/mol.